The Morgan fingerprint density at radius 1 is 0.517 bits per heavy atom. The molecule has 1 aromatic heterocycles. The minimum absolute atomic E-state index is 0.00373. The van der Waals surface area contributed by atoms with E-state index in [0.717, 1.165) is 50.4 Å². The minimum atomic E-state index is -0.116. The Kier molecular flexibility index (Phi) is 7.45. The zero-order valence-electron chi connectivity index (χ0n) is 33.4. The topological polar surface area (TPSA) is 38.1 Å². The van der Waals surface area contributed by atoms with Crippen LogP contribution in [-0.4, -0.2) is 15.5 Å². The molecule has 4 heteroatoms. The van der Waals surface area contributed by atoms with Crippen LogP contribution in [0.25, 0.3) is 77.5 Å². The van der Waals surface area contributed by atoms with Gasteiger partial charge in [0.15, 0.2) is 0 Å². The third-order valence-corrected chi connectivity index (χ3v) is 13.0. The van der Waals surface area contributed by atoms with E-state index in [4.69, 9.17) is 4.98 Å². The standard InChI is InChI=1S/C56H39N3O/c1-56(2)50-21-11-10-20-46(50)48-33-39(26-29-51(48)56)58(37-25-28-45-43-18-7-6-16-41(43)42-17-8-9-19-44(42)47(45)32-37)38-24-27-40-36(30-35-14-4-3-5-15-35)31-54(60)59-53-23-13-12-22-52(53)57-55(59)49(40)34-38/h3-30,32-34H,31H2,1-2H3/b36-30-. The van der Waals surface area contributed by atoms with Crippen LogP contribution in [0.1, 0.15) is 47.3 Å². The van der Waals surface area contributed by atoms with Gasteiger partial charge in [0.2, 0.25) is 5.91 Å². The molecule has 1 aliphatic carbocycles. The first kappa shape index (κ1) is 34.5. The summed E-state index contributed by atoms with van der Waals surface area (Å²) in [4.78, 5) is 21.9. The molecule has 1 aliphatic heterocycles. The normalized spacial score (nSPS) is 14.6. The molecule has 0 spiro atoms. The zero-order valence-corrected chi connectivity index (χ0v) is 33.4. The van der Waals surface area contributed by atoms with E-state index < -0.39 is 0 Å². The van der Waals surface area contributed by atoms with Gasteiger partial charge in [-0.2, -0.15) is 0 Å². The number of anilines is 3. The van der Waals surface area contributed by atoms with Crippen LogP contribution in [-0.2, 0) is 5.41 Å². The average molecular weight is 770 g/mol. The maximum Gasteiger partial charge on any atom is 0.237 e. The molecule has 0 atom stereocenters. The molecule has 60 heavy (non-hydrogen) atoms. The summed E-state index contributed by atoms with van der Waals surface area (Å²) in [5, 5.41) is 7.39. The Labute approximate surface area is 348 Å². The third-order valence-electron chi connectivity index (χ3n) is 13.0. The molecule has 0 radical (unpaired) electrons. The van der Waals surface area contributed by atoms with E-state index in [9.17, 15) is 4.79 Å². The first-order chi connectivity index (χ1) is 29.4. The summed E-state index contributed by atoms with van der Waals surface area (Å²) < 4.78 is 1.83. The lowest BCUT2D eigenvalue weighted by molar-refractivity contribution is 0.0927. The van der Waals surface area contributed by atoms with E-state index in [2.05, 4.69) is 164 Å². The Bertz CT molecular complexity index is 3430. The Morgan fingerprint density at radius 2 is 1.08 bits per heavy atom. The minimum Gasteiger partial charge on any atom is -0.310 e. The Hall–Kier alpha value is -7.56. The van der Waals surface area contributed by atoms with Crippen molar-refractivity contribution in [3.63, 3.8) is 0 Å². The van der Waals surface area contributed by atoms with Gasteiger partial charge in [0.05, 0.1) is 17.5 Å². The van der Waals surface area contributed by atoms with E-state index in [1.165, 1.54) is 54.6 Å². The molecule has 2 aliphatic rings. The fraction of sp³-hybridized carbons (Fsp3) is 0.0714. The summed E-state index contributed by atoms with van der Waals surface area (Å²) in [6.45, 7) is 4.66. The van der Waals surface area contributed by atoms with Crippen molar-refractivity contribution in [1.29, 1.82) is 0 Å². The molecule has 10 aromatic rings. The van der Waals surface area contributed by atoms with Crippen molar-refractivity contribution in [2.24, 2.45) is 0 Å². The SMILES string of the molecule is CC1(C)c2ccccc2-c2cc(N(c3ccc4c(c3)-c3nc5ccccc5n3C(=O)C/C4=C/c3ccccc3)c3ccc4c5ccccc5c5ccccc5c4c3)ccc21. The van der Waals surface area contributed by atoms with Crippen LogP contribution >= 0.6 is 0 Å². The number of rotatable bonds is 4. The van der Waals surface area contributed by atoms with Crippen LogP contribution in [0.4, 0.5) is 17.1 Å². The van der Waals surface area contributed by atoms with Crippen LogP contribution in [0.2, 0.25) is 0 Å². The van der Waals surface area contributed by atoms with Gasteiger partial charge >= 0.3 is 0 Å². The highest BCUT2D eigenvalue weighted by Crippen LogP contribution is 2.51. The second-order valence-electron chi connectivity index (χ2n) is 16.7. The lowest BCUT2D eigenvalue weighted by Gasteiger charge is -2.28. The van der Waals surface area contributed by atoms with Crippen molar-refractivity contribution in [3.8, 4) is 22.5 Å². The maximum absolute atomic E-state index is 14.4. The smallest absolute Gasteiger partial charge is 0.237 e. The summed E-state index contributed by atoms with van der Waals surface area (Å²) in [6.07, 6.45) is 2.41. The number of aromatic nitrogens is 2. The van der Waals surface area contributed by atoms with Crippen LogP contribution in [0.15, 0.2) is 182 Å². The Balaban J connectivity index is 1.14. The van der Waals surface area contributed by atoms with E-state index in [0.29, 0.717) is 5.82 Å². The number of hydrogen-bond donors (Lipinski definition) is 0. The zero-order chi connectivity index (χ0) is 40.1. The monoisotopic (exact) mass is 769 g/mol. The van der Waals surface area contributed by atoms with Crippen molar-refractivity contribution in [2.75, 3.05) is 4.90 Å². The van der Waals surface area contributed by atoms with E-state index >= 15 is 0 Å². The highest BCUT2D eigenvalue weighted by molar-refractivity contribution is 6.26. The second kappa shape index (κ2) is 13.0. The largest absolute Gasteiger partial charge is 0.310 e. The fourth-order valence-electron chi connectivity index (χ4n) is 10.1. The van der Waals surface area contributed by atoms with Gasteiger partial charge < -0.3 is 4.90 Å². The molecule has 284 valence electrons. The lowest BCUT2D eigenvalue weighted by Crippen LogP contribution is -2.15. The summed E-state index contributed by atoms with van der Waals surface area (Å²) in [5.74, 6) is 0.666. The summed E-state index contributed by atoms with van der Waals surface area (Å²) in [7, 11) is 0. The van der Waals surface area contributed by atoms with Crippen molar-refractivity contribution in [2.45, 2.75) is 25.7 Å². The van der Waals surface area contributed by atoms with Crippen LogP contribution in [0, 0.1) is 0 Å². The molecule has 0 saturated heterocycles. The second-order valence-corrected chi connectivity index (χ2v) is 16.7. The predicted octanol–water partition coefficient (Wildman–Crippen LogP) is 14.5. The summed E-state index contributed by atoms with van der Waals surface area (Å²) >= 11 is 0. The molecular weight excluding hydrogens is 731 g/mol. The van der Waals surface area contributed by atoms with E-state index in [-0.39, 0.29) is 17.7 Å². The van der Waals surface area contributed by atoms with Crippen molar-refractivity contribution in [1.82, 2.24) is 9.55 Å². The van der Waals surface area contributed by atoms with Gasteiger partial charge in [-0.05, 0) is 120 Å². The molecule has 0 unspecified atom stereocenters. The van der Waals surface area contributed by atoms with Crippen LogP contribution < -0.4 is 4.90 Å². The molecular formula is C56H39N3O. The molecule has 2 heterocycles. The van der Waals surface area contributed by atoms with Crippen molar-refractivity contribution < 1.29 is 4.79 Å². The Morgan fingerprint density at radius 3 is 1.85 bits per heavy atom. The third kappa shape index (κ3) is 5.10. The number of para-hydroxylation sites is 2. The maximum atomic E-state index is 14.4. The summed E-state index contributed by atoms with van der Waals surface area (Å²) in [6, 6.07) is 65.1. The predicted molar refractivity (Wildman–Crippen MR) is 249 cm³/mol. The average Bonchev–Trinajstić information content (AvgIpc) is 3.75. The molecule has 0 N–H and O–H groups in total. The molecule has 0 bridgehead atoms. The number of imidazole rings is 1. The first-order valence-electron chi connectivity index (χ1n) is 20.7. The molecule has 0 amide bonds. The van der Waals surface area contributed by atoms with Gasteiger partial charge in [0.25, 0.3) is 0 Å². The van der Waals surface area contributed by atoms with E-state index in [1.807, 2.05) is 47.0 Å². The fourth-order valence-corrected chi connectivity index (χ4v) is 10.1. The van der Waals surface area contributed by atoms with Gasteiger partial charge in [0, 0.05) is 28.0 Å². The molecule has 9 aromatic carbocycles. The first-order valence-corrected chi connectivity index (χ1v) is 20.7. The number of allylic oxidation sites excluding steroid dienone is 1. The van der Waals surface area contributed by atoms with Crippen LogP contribution in [0.5, 0.6) is 0 Å². The van der Waals surface area contributed by atoms with Gasteiger partial charge in [0.1, 0.15) is 5.82 Å². The molecule has 4 nitrogen and oxygen atoms in total. The van der Waals surface area contributed by atoms with Crippen molar-refractivity contribution in [3.05, 3.63) is 204 Å². The van der Waals surface area contributed by atoms with Gasteiger partial charge in [-0.3, -0.25) is 9.36 Å². The number of fused-ring (bicyclic) bond motifs is 14. The van der Waals surface area contributed by atoms with Crippen LogP contribution in [0.3, 0.4) is 0 Å². The highest BCUT2D eigenvalue weighted by atomic mass is 16.2. The van der Waals surface area contributed by atoms with Gasteiger partial charge in [-0.25, -0.2) is 4.98 Å². The number of hydrogen-bond acceptors (Lipinski definition) is 3. The number of carbonyl (C=O) groups excluding carboxylic acids is 1. The highest BCUT2D eigenvalue weighted by Gasteiger charge is 2.36. The number of carbonyl (C=O) groups is 1. The number of benzene rings is 9. The van der Waals surface area contributed by atoms with E-state index in [1.54, 1.807) is 0 Å². The summed E-state index contributed by atoms with van der Waals surface area (Å²) in [5.41, 5.74) is 13.8. The molecule has 12 rings (SSSR count). The molecule has 0 saturated carbocycles. The quantitative estimate of drug-likeness (QED) is 0.167. The van der Waals surface area contributed by atoms with Gasteiger partial charge in [-0.15, -0.1) is 0 Å². The van der Waals surface area contributed by atoms with Gasteiger partial charge in [-0.1, -0.05) is 153 Å². The molecule has 0 fully saturated rings. The number of nitrogens with zero attached hydrogens (tertiary/aromatic N) is 3. The van der Waals surface area contributed by atoms with Crippen molar-refractivity contribution >= 4 is 78.0 Å². The lowest BCUT2D eigenvalue weighted by atomic mass is 9.82.